The average Bonchev–Trinajstić information content (AvgIpc) is 3.07. The SMILES string of the molecule is Cc1cc(SNC(C)C)ccc1Nc1ncc(C(F)(F)F)c(-c2cnn(C)c2)n1. The van der Waals surface area contributed by atoms with Gasteiger partial charge in [0.1, 0.15) is 5.56 Å². The molecule has 0 bridgehead atoms. The summed E-state index contributed by atoms with van der Waals surface area (Å²) in [6.45, 7) is 6.02. The quantitative estimate of drug-likeness (QED) is 0.548. The van der Waals surface area contributed by atoms with E-state index in [1.807, 2.05) is 25.1 Å². The number of hydrogen-bond acceptors (Lipinski definition) is 6. The van der Waals surface area contributed by atoms with Crippen LogP contribution in [0, 0.1) is 6.92 Å². The van der Waals surface area contributed by atoms with Crippen LogP contribution < -0.4 is 10.0 Å². The van der Waals surface area contributed by atoms with Crippen molar-refractivity contribution in [3.05, 3.63) is 47.9 Å². The summed E-state index contributed by atoms with van der Waals surface area (Å²) in [6.07, 6.45) is -0.938. The second-order valence-electron chi connectivity index (χ2n) is 6.83. The van der Waals surface area contributed by atoms with Crippen LogP contribution in [0.3, 0.4) is 0 Å². The van der Waals surface area contributed by atoms with Gasteiger partial charge in [-0.3, -0.25) is 9.40 Å². The molecule has 0 aliphatic carbocycles. The molecule has 0 fully saturated rings. The summed E-state index contributed by atoms with van der Waals surface area (Å²) in [4.78, 5) is 9.03. The Morgan fingerprint density at radius 3 is 2.52 bits per heavy atom. The molecule has 0 radical (unpaired) electrons. The van der Waals surface area contributed by atoms with Crippen molar-refractivity contribution >= 4 is 23.6 Å². The van der Waals surface area contributed by atoms with Gasteiger partial charge in [-0.1, -0.05) is 0 Å². The van der Waals surface area contributed by atoms with E-state index >= 15 is 0 Å². The van der Waals surface area contributed by atoms with Crippen molar-refractivity contribution in [3.63, 3.8) is 0 Å². The molecule has 2 aromatic heterocycles. The molecule has 0 spiro atoms. The van der Waals surface area contributed by atoms with Gasteiger partial charge in [0, 0.05) is 41.6 Å². The minimum atomic E-state index is -4.57. The zero-order valence-electron chi connectivity index (χ0n) is 16.4. The molecular weight excluding hydrogens is 401 g/mol. The Hall–Kier alpha value is -2.59. The van der Waals surface area contributed by atoms with E-state index in [-0.39, 0.29) is 17.2 Å². The average molecular weight is 422 g/mol. The summed E-state index contributed by atoms with van der Waals surface area (Å²) in [7, 11) is 1.63. The van der Waals surface area contributed by atoms with E-state index in [9.17, 15) is 13.2 Å². The van der Waals surface area contributed by atoms with Crippen molar-refractivity contribution in [2.24, 2.45) is 7.05 Å². The molecule has 3 aromatic rings. The van der Waals surface area contributed by atoms with E-state index in [1.165, 1.54) is 29.0 Å². The first-order chi connectivity index (χ1) is 13.6. The molecule has 29 heavy (non-hydrogen) atoms. The number of nitrogens with zero attached hydrogens (tertiary/aromatic N) is 4. The summed E-state index contributed by atoms with van der Waals surface area (Å²) >= 11 is 1.52. The van der Waals surface area contributed by atoms with Crippen LogP contribution in [0.15, 0.2) is 41.7 Å². The molecule has 3 rings (SSSR count). The minimum absolute atomic E-state index is 0.0839. The van der Waals surface area contributed by atoms with Gasteiger partial charge in [0.15, 0.2) is 0 Å². The Labute approximate surface area is 171 Å². The zero-order chi connectivity index (χ0) is 21.2. The number of hydrogen-bond donors (Lipinski definition) is 2. The Bertz CT molecular complexity index is 1000. The number of alkyl halides is 3. The summed E-state index contributed by atoms with van der Waals surface area (Å²) in [5.74, 6) is 0.0839. The number of halogens is 3. The van der Waals surface area contributed by atoms with Gasteiger partial charge in [-0.15, -0.1) is 0 Å². The number of nitrogens with one attached hydrogen (secondary N) is 2. The second-order valence-corrected chi connectivity index (χ2v) is 7.74. The third-order valence-corrected chi connectivity index (χ3v) is 5.01. The first kappa shape index (κ1) is 21.1. The molecule has 1 aromatic carbocycles. The normalized spacial score (nSPS) is 11.9. The van der Waals surface area contributed by atoms with Crippen LogP contribution in [-0.4, -0.2) is 25.8 Å². The number of aryl methyl sites for hydroxylation is 2. The third kappa shape index (κ3) is 5.27. The summed E-state index contributed by atoms with van der Waals surface area (Å²) in [6, 6.07) is 6.09. The molecule has 0 amide bonds. The maximum atomic E-state index is 13.4. The second kappa shape index (κ2) is 8.42. The lowest BCUT2D eigenvalue weighted by atomic mass is 10.1. The van der Waals surface area contributed by atoms with E-state index in [1.54, 1.807) is 7.05 Å². The van der Waals surface area contributed by atoms with Gasteiger partial charge in [0.05, 0.1) is 11.9 Å². The number of aromatic nitrogens is 4. The third-order valence-electron chi connectivity index (χ3n) is 3.93. The molecule has 0 atom stereocenters. The van der Waals surface area contributed by atoms with Crippen molar-refractivity contribution in [3.8, 4) is 11.3 Å². The van der Waals surface area contributed by atoms with E-state index in [0.717, 1.165) is 22.3 Å². The minimum Gasteiger partial charge on any atom is -0.324 e. The lowest BCUT2D eigenvalue weighted by Crippen LogP contribution is -2.13. The highest BCUT2D eigenvalue weighted by atomic mass is 32.2. The largest absolute Gasteiger partial charge is 0.419 e. The fourth-order valence-electron chi connectivity index (χ4n) is 2.56. The number of anilines is 2. The van der Waals surface area contributed by atoms with Crippen LogP contribution in [0.1, 0.15) is 25.0 Å². The summed E-state index contributed by atoms with van der Waals surface area (Å²) < 4.78 is 44.9. The van der Waals surface area contributed by atoms with Crippen LogP contribution >= 0.6 is 11.9 Å². The predicted molar refractivity (Wildman–Crippen MR) is 108 cm³/mol. The molecule has 10 heteroatoms. The molecule has 0 aliphatic heterocycles. The lowest BCUT2D eigenvalue weighted by Gasteiger charge is -2.14. The van der Waals surface area contributed by atoms with Crippen LogP contribution in [0.5, 0.6) is 0 Å². The van der Waals surface area contributed by atoms with Crippen molar-refractivity contribution < 1.29 is 13.2 Å². The fraction of sp³-hybridized carbons (Fsp3) is 0.316. The van der Waals surface area contributed by atoms with Gasteiger partial charge < -0.3 is 5.32 Å². The zero-order valence-corrected chi connectivity index (χ0v) is 17.2. The lowest BCUT2D eigenvalue weighted by molar-refractivity contribution is -0.137. The van der Waals surface area contributed by atoms with Gasteiger partial charge in [0.25, 0.3) is 0 Å². The fourth-order valence-corrected chi connectivity index (χ4v) is 3.30. The highest BCUT2D eigenvalue weighted by Gasteiger charge is 2.35. The molecule has 0 unspecified atom stereocenters. The van der Waals surface area contributed by atoms with Crippen LogP contribution in [0.25, 0.3) is 11.3 Å². The molecule has 154 valence electrons. The topological polar surface area (TPSA) is 67.7 Å². The van der Waals surface area contributed by atoms with Gasteiger partial charge in [0.2, 0.25) is 5.95 Å². The van der Waals surface area contributed by atoms with E-state index in [0.29, 0.717) is 6.04 Å². The molecule has 6 nitrogen and oxygen atoms in total. The Morgan fingerprint density at radius 2 is 1.93 bits per heavy atom. The Kier molecular flexibility index (Phi) is 6.13. The van der Waals surface area contributed by atoms with Gasteiger partial charge >= 0.3 is 6.18 Å². The molecule has 0 saturated heterocycles. The van der Waals surface area contributed by atoms with Crippen LogP contribution in [0.4, 0.5) is 24.8 Å². The standard InChI is InChI=1S/C19H21F3N6S/c1-11(2)27-29-14-5-6-16(12(3)7-14)25-18-23-9-15(19(20,21)22)17(26-18)13-8-24-28(4)10-13/h5-11,27H,1-4H3,(H,23,25,26). The van der Waals surface area contributed by atoms with Crippen molar-refractivity contribution in [2.75, 3.05) is 5.32 Å². The van der Waals surface area contributed by atoms with Crippen LogP contribution in [0.2, 0.25) is 0 Å². The molecule has 2 heterocycles. The molecular formula is C19H21F3N6S. The van der Waals surface area contributed by atoms with Crippen molar-refractivity contribution in [2.45, 2.75) is 37.9 Å². The van der Waals surface area contributed by atoms with E-state index in [4.69, 9.17) is 0 Å². The van der Waals surface area contributed by atoms with Gasteiger partial charge in [-0.25, -0.2) is 9.97 Å². The van der Waals surface area contributed by atoms with E-state index in [2.05, 4.69) is 39.0 Å². The predicted octanol–water partition coefficient (Wildman–Crippen LogP) is 4.95. The van der Waals surface area contributed by atoms with Gasteiger partial charge in [-0.05, 0) is 56.5 Å². The Balaban J connectivity index is 1.90. The number of rotatable bonds is 6. The summed E-state index contributed by atoms with van der Waals surface area (Å²) in [5, 5.41) is 6.96. The van der Waals surface area contributed by atoms with Gasteiger partial charge in [-0.2, -0.15) is 18.3 Å². The Morgan fingerprint density at radius 1 is 1.17 bits per heavy atom. The maximum Gasteiger partial charge on any atom is 0.419 e. The summed E-state index contributed by atoms with van der Waals surface area (Å²) in [5.41, 5.74) is 0.796. The van der Waals surface area contributed by atoms with Crippen LogP contribution in [-0.2, 0) is 13.2 Å². The van der Waals surface area contributed by atoms with Crippen molar-refractivity contribution in [1.82, 2.24) is 24.5 Å². The monoisotopic (exact) mass is 422 g/mol. The first-order valence-electron chi connectivity index (χ1n) is 8.87. The first-order valence-corrected chi connectivity index (χ1v) is 9.68. The highest BCUT2D eigenvalue weighted by Crippen LogP contribution is 2.36. The van der Waals surface area contributed by atoms with E-state index < -0.39 is 11.7 Å². The molecule has 0 saturated carbocycles. The smallest absolute Gasteiger partial charge is 0.324 e. The molecule has 2 N–H and O–H groups in total. The van der Waals surface area contributed by atoms with Crippen molar-refractivity contribution in [1.29, 1.82) is 0 Å². The maximum absolute atomic E-state index is 13.4. The molecule has 0 aliphatic rings. The number of benzene rings is 1. The highest BCUT2D eigenvalue weighted by molar-refractivity contribution is 7.97.